The fourth-order valence-corrected chi connectivity index (χ4v) is 2.37. The van der Waals surface area contributed by atoms with Crippen LogP contribution in [0.3, 0.4) is 0 Å². The minimum Gasteiger partial charge on any atom is -0.472 e. The summed E-state index contributed by atoms with van der Waals surface area (Å²) in [5.74, 6) is 1.09. The monoisotopic (exact) mass is 235 g/mol. The number of halogens is 1. The summed E-state index contributed by atoms with van der Waals surface area (Å²) < 4.78 is 7.68. The van der Waals surface area contributed by atoms with Crippen LogP contribution in [0.1, 0.15) is 10.4 Å². The molecule has 0 amide bonds. The van der Waals surface area contributed by atoms with Crippen molar-refractivity contribution < 1.29 is 9.53 Å². The van der Waals surface area contributed by atoms with Crippen LogP contribution in [-0.4, -0.2) is 22.8 Å². The van der Waals surface area contributed by atoms with Gasteiger partial charge in [0.25, 0.3) is 0 Å². The van der Waals surface area contributed by atoms with Crippen LogP contribution in [0.2, 0.25) is 0 Å². The highest BCUT2D eigenvalue weighted by Gasteiger charge is 2.28. The zero-order valence-electron chi connectivity index (χ0n) is 8.52. The lowest BCUT2D eigenvalue weighted by molar-refractivity contribution is 0.112. The topological polar surface area (TPSA) is 31.2 Å². The number of carbonyl (C=O) groups excluding carboxylic acids is 1. The number of hydrogen-bond donors (Lipinski definition) is 0. The Morgan fingerprint density at radius 2 is 2.31 bits per heavy atom. The van der Waals surface area contributed by atoms with Crippen LogP contribution in [0.25, 0.3) is 10.9 Å². The van der Waals surface area contributed by atoms with Gasteiger partial charge in [-0.2, -0.15) is 0 Å². The molecule has 1 aromatic heterocycles. The van der Waals surface area contributed by atoms with Crippen molar-refractivity contribution in [3.05, 3.63) is 29.8 Å². The largest absolute Gasteiger partial charge is 0.472 e. The van der Waals surface area contributed by atoms with Crippen LogP contribution >= 0.6 is 11.6 Å². The summed E-state index contributed by atoms with van der Waals surface area (Å²) in [6.07, 6.45) is 0.824. The van der Waals surface area contributed by atoms with Gasteiger partial charge in [-0.05, 0) is 6.07 Å². The maximum atomic E-state index is 11.1. The molecule has 2 heterocycles. The molecule has 0 saturated heterocycles. The fourth-order valence-electron chi connectivity index (χ4n) is 2.21. The molecule has 0 aliphatic carbocycles. The number of hydrogen-bond acceptors (Lipinski definition) is 2. The molecule has 82 valence electrons. The third kappa shape index (κ3) is 1.18. The van der Waals surface area contributed by atoms with Gasteiger partial charge < -0.3 is 9.30 Å². The lowest BCUT2D eigenvalue weighted by atomic mass is 10.2. The number of rotatable bonds is 2. The first kappa shape index (κ1) is 9.73. The standard InChI is InChI=1S/C12H10ClNO2/c13-5-8-6-14-11-4-2-1-3-9(11)10(7-15)12(14)16-8/h1-4,7-8H,5-6H2. The van der Waals surface area contributed by atoms with Gasteiger partial charge in [-0.25, -0.2) is 0 Å². The van der Waals surface area contributed by atoms with Gasteiger partial charge >= 0.3 is 0 Å². The van der Waals surface area contributed by atoms with Crippen LogP contribution in [0.4, 0.5) is 0 Å². The van der Waals surface area contributed by atoms with Crippen molar-refractivity contribution in [3.63, 3.8) is 0 Å². The molecule has 0 saturated carbocycles. The first-order chi connectivity index (χ1) is 7.85. The highest BCUT2D eigenvalue weighted by molar-refractivity contribution is 6.18. The van der Waals surface area contributed by atoms with E-state index in [1.165, 1.54) is 0 Å². The SMILES string of the molecule is O=Cc1c2n(c3ccccc13)CC(CCl)O2. The van der Waals surface area contributed by atoms with Gasteiger partial charge in [-0.1, -0.05) is 18.2 Å². The Morgan fingerprint density at radius 1 is 1.50 bits per heavy atom. The second-order valence-electron chi connectivity index (χ2n) is 3.86. The van der Waals surface area contributed by atoms with Crippen LogP contribution in [0.5, 0.6) is 5.88 Å². The Labute approximate surface area is 97.6 Å². The van der Waals surface area contributed by atoms with Gasteiger partial charge in [0.1, 0.15) is 6.10 Å². The van der Waals surface area contributed by atoms with E-state index in [4.69, 9.17) is 16.3 Å². The van der Waals surface area contributed by atoms with E-state index < -0.39 is 0 Å². The second-order valence-corrected chi connectivity index (χ2v) is 4.17. The molecule has 0 spiro atoms. The normalized spacial score (nSPS) is 18.4. The average molecular weight is 236 g/mol. The summed E-state index contributed by atoms with van der Waals surface area (Å²) in [6.45, 7) is 0.715. The Morgan fingerprint density at radius 3 is 3.06 bits per heavy atom. The predicted octanol–water partition coefficient (Wildman–Crippen LogP) is 2.45. The number of nitrogens with zero attached hydrogens (tertiary/aromatic N) is 1. The summed E-state index contributed by atoms with van der Waals surface area (Å²) in [5.41, 5.74) is 1.66. The van der Waals surface area contributed by atoms with E-state index in [2.05, 4.69) is 0 Å². The maximum Gasteiger partial charge on any atom is 0.205 e. The zero-order valence-corrected chi connectivity index (χ0v) is 9.28. The first-order valence-electron chi connectivity index (χ1n) is 5.14. The Kier molecular flexibility index (Phi) is 2.14. The predicted molar refractivity (Wildman–Crippen MR) is 62.5 cm³/mol. The molecule has 4 heteroatoms. The number of aromatic nitrogens is 1. The van der Waals surface area contributed by atoms with Gasteiger partial charge in [-0.3, -0.25) is 4.79 Å². The Hall–Kier alpha value is -1.48. The van der Waals surface area contributed by atoms with E-state index in [-0.39, 0.29) is 6.10 Å². The molecule has 0 N–H and O–H groups in total. The fraction of sp³-hybridized carbons (Fsp3) is 0.250. The molecule has 3 nitrogen and oxygen atoms in total. The third-order valence-corrected chi connectivity index (χ3v) is 3.26. The van der Waals surface area contributed by atoms with Crippen molar-refractivity contribution >= 4 is 28.8 Å². The smallest absolute Gasteiger partial charge is 0.205 e. The number of alkyl halides is 1. The minimum absolute atomic E-state index is 0.0278. The second kappa shape index (κ2) is 3.52. The molecule has 3 rings (SSSR count). The summed E-state index contributed by atoms with van der Waals surface area (Å²) in [6, 6.07) is 7.80. The lowest BCUT2D eigenvalue weighted by Crippen LogP contribution is -2.16. The number of ether oxygens (including phenoxy) is 1. The summed E-state index contributed by atoms with van der Waals surface area (Å²) in [7, 11) is 0. The number of fused-ring (bicyclic) bond motifs is 3. The molecule has 1 aliphatic rings. The average Bonchev–Trinajstić information content (AvgIpc) is 2.85. The summed E-state index contributed by atoms with van der Waals surface area (Å²) in [4.78, 5) is 11.1. The van der Waals surface area contributed by atoms with Crippen LogP contribution in [0.15, 0.2) is 24.3 Å². The number of aldehydes is 1. The van der Waals surface area contributed by atoms with Crippen molar-refractivity contribution in [2.24, 2.45) is 0 Å². The van der Waals surface area contributed by atoms with Gasteiger partial charge in [0.15, 0.2) is 6.29 Å². The van der Waals surface area contributed by atoms with Crippen molar-refractivity contribution in [1.29, 1.82) is 0 Å². The molecule has 2 aromatic rings. The van der Waals surface area contributed by atoms with Gasteiger partial charge in [0, 0.05) is 5.39 Å². The van der Waals surface area contributed by atoms with Crippen molar-refractivity contribution in [2.75, 3.05) is 5.88 Å². The number of para-hydroxylation sites is 1. The van der Waals surface area contributed by atoms with Crippen LogP contribution in [-0.2, 0) is 6.54 Å². The Balaban J connectivity index is 2.27. The van der Waals surface area contributed by atoms with Crippen molar-refractivity contribution in [1.82, 2.24) is 4.57 Å². The molecule has 1 aliphatic heterocycles. The van der Waals surface area contributed by atoms with Gasteiger partial charge in [0.05, 0.1) is 23.5 Å². The highest BCUT2D eigenvalue weighted by atomic mass is 35.5. The highest BCUT2D eigenvalue weighted by Crippen LogP contribution is 2.35. The summed E-state index contributed by atoms with van der Waals surface area (Å²) >= 11 is 5.77. The zero-order chi connectivity index (χ0) is 11.1. The molecule has 1 atom stereocenters. The van der Waals surface area contributed by atoms with Crippen LogP contribution < -0.4 is 4.74 Å². The van der Waals surface area contributed by atoms with E-state index in [0.29, 0.717) is 23.9 Å². The molecule has 0 fully saturated rings. The van der Waals surface area contributed by atoms with Gasteiger partial charge in [0.2, 0.25) is 5.88 Å². The lowest BCUT2D eigenvalue weighted by Gasteiger charge is -2.05. The molecular formula is C12H10ClNO2. The number of carbonyl (C=O) groups is 1. The minimum atomic E-state index is -0.0278. The van der Waals surface area contributed by atoms with E-state index >= 15 is 0 Å². The molecule has 16 heavy (non-hydrogen) atoms. The van der Waals surface area contributed by atoms with E-state index in [1.54, 1.807) is 0 Å². The third-order valence-electron chi connectivity index (χ3n) is 2.92. The van der Waals surface area contributed by atoms with E-state index in [1.807, 2.05) is 28.8 Å². The van der Waals surface area contributed by atoms with Gasteiger partial charge in [-0.15, -0.1) is 11.6 Å². The first-order valence-corrected chi connectivity index (χ1v) is 5.67. The number of benzene rings is 1. The Bertz CT molecular complexity index is 561. The van der Waals surface area contributed by atoms with E-state index in [0.717, 1.165) is 17.2 Å². The molecule has 0 radical (unpaired) electrons. The maximum absolute atomic E-state index is 11.1. The van der Waals surface area contributed by atoms with E-state index in [9.17, 15) is 4.79 Å². The molecule has 0 bridgehead atoms. The quantitative estimate of drug-likeness (QED) is 0.592. The molecular weight excluding hydrogens is 226 g/mol. The van der Waals surface area contributed by atoms with Crippen molar-refractivity contribution in [2.45, 2.75) is 12.6 Å². The van der Waals surface area contributed by atoms with Crippen molar-refractivity contribution in [3.8, 4) is 5.88 Å². The summed E-state index contributed by atoms with van der Waals surface area (Å²) in [5, 5.41) is 0.945. The molecule has 1 aromatic carbocycles. The van der Waals surface area contributed by atoms with Crippen LogP contribution in [0, 0.1) is 0 Å². The molecule has 1 unspecified atom stereocenters.